The summed E-state index contributed by atoms with van der Waals surface area (Å²) in [4.78, 5) is 137. The maximum atomic E-state index is 14.6. The first-order valence-corrected chi connectivity index (χ1v) is 35.9. The lowest BCUT2D eigenvalue weighted by molar-refractivity contribution is -0.271. The fourth-order valence-electron chi connectivity index (χ4n) is 12.6. The van der Waals surface area contributed by atoms with Gasteiger partial charge in [-0.25, -0.2) is 14.5 Å². The van der Waals surface area contributed by atoms with Crippen molar-refractivity contribution in [3.8, 4) is 29.1 Å². The molecule has 2 fully saturated rings. The first-order valence-electron chi connectivity index (χ1n) is 35.9. The van der Waals surface area contributed by atoms with Crippen LogP contribution in [0.2, 0.25) is 0 Å². The molecule has 34 heteroatoms. The van der Waals surface area contributed by atoms with Crippen molar-refractivity contribution in [2.24, 2.45) is 14.1 Å². The number of rotatable bonds is 35. The standard InChI is InChI=1S/C77H89N11O23/c1-45-34-58-74(101)88(55-39-61(60(105-4)38-52(55)73(100)87(58)40-45)108-29-9-16-64(92)82-50-36-57(85(3)42-50)72(99)83-51-37-56(84(2)43-51)71(98)81-26-11-28-89)77(104)109-44-46-17-20-59(110-76-68(96)66(94)67(95)69(111-76)75(102)103)53(35-46)70(97)80-25-10-24-78-62(90)22-30-106-32-33-107-31-23-63(91)79-27-21-65(93)86-41-49-14-6-5-12-47(49)18-19-48-13-7-8-15-54(48)86/h5-8,12-15,17,20,35-39,42-43,58,66-69,74,76,89,94-96,101H,1,9-11,16,21-34,40-41,44H2,2-4H3,(H,78,90)(H,79,91)(H,80,97)(H,81,98)(H,82,92)(H,83,99)(H,102,103)/t58-,66-,67-,68+,69-,74?,76+/m0/s1. The van der Waals surface area contributed by atoms with Crippen LogP contribution in [0.1, 0.15) is 115 Å². The Balaban J connectivity index is 0.699. The summed E-state index contributed by atoms with van der Waals surface area (Å²) in [7, 11) is 4.58. The number of aromatic nitrogens is 2. The number of fused-ring (bicyclic) bond motifs is 4. The Labute approximate surface area is 637 Å². The number of hydrogen-bond acceptors (Lipinski definition) is 22. The van der Waals surface area contributed by atoms with E-state index < -0.39 is 85.3 Å². The van der Waals surface area contributed by atoms with Crippen LogP contribution in [0.3, 0.4) is 0 Å². The molecule has 9 amide bonds. The second-order valence-electron chi connectivity index (χ2n) is 26.4. The summed E-state index contributed by atoms with van der Waals surface area (Å²) < 4.78 is 42.9. The van der Waals surface area contributed by atoms with Crippen LogP contribution in [0.4, 0.5) is 27.5 Å². The van der Waals surface area contributed by atoms with Gasteiger partial charge in [0.25, 0.3) is 23.6 Å². The molecule has 7 atom stereocenters. The van der Waals surface area contributed by atoms with Gasteiger partial charge in [-0.15, -0.1) is 0 Å². The van der Waals surface area contributed by atoms with Gasteiger partial charge in [0.1, 0.15) is 42.1 Å². The molecule has 4 aliphatic heterocycles. The van der Waals surface area contributed by atoms with E-state index in [-0.39, 0.29) is 192 Å². The molecule has 111 heavy (non-hydrogen) atoms. The van der Waals surface area contributed by atoms with E-state index in [2.05, 4.69) is 50.3 Å². The van der Waals surface area contributed by atoms with Crippen LogP contribution in [0, 0.1) is 11.8 Å². The van der Waals surface area contributed by atoms with Crippen LogP contribution in [0.5, 0.6) is 17.2 Å². The average Bonchev–Trinajstić information content (AvgIpc) is 1.62. The quantitative estimate of drug-likeness (QED) is 0.0154. The van der Waals surface area contributed by atoms with Crippen LogP contribution in [-0.2, 0) is 70.2 Å². The fraction of sp³-hybridized carbons (Fsp3) is 0.403. The van der Waals surface area contributed by atoms with E-state index in [0.29, 0.717) is 35.6 Å². The number of benzene rings is 4. The van der Waals surface area contributed by atoms with Crippen LogP contribution in [0.25, 0.3) is 0 Å². The number of aryl methyl sites for hydroxylation is 2. The number of ether oxygens (including phenoxy) is 7. The fourth-order valence-corrected chi connectivity index (χ4v) is 12.6. The number of anilines is 4. The number of methoxy groups -OCH3 is 1. The number of nitrogens with one attached hydrogen (secondary N) is 6. The number of aliphatic hydroxyl groups is 5. The number of hydrogen-bond donors (Lipinski definition) is 12. The number of carbonyl (C=O) groups is 10. The van der Waals surface area contributed by atoms with E-state index in [9.17, 15) is 73.5 Å². The van der Waals surface area contributed by atoms with Gasteiger partial charge in [-0.2, -0.15) is 0 Å². The molecule has 4 aromatic carbocycles. The molecule has 12 N–H and O–H groups in total. The van der Waals surface area contributed by atoms with Crippen molar-refractivity contribution >= 4 is 82.1 Å². The molecule has 590 valence electrons. The van der Waals surface area contributed by atoms with E-state index >= 15 is 0 Å². The molecule has 2 saturated heterocycles. The van der Waals surface area contributed by atoms with Crippen molar-refractivity contribution in [1.29, 1.82) is 0 Å². The third-order valence-electron chi connectivity index (χ3n) is 18.4. The second kappa shape index (κ2) is 38.6. The van der Waals surface area contributed by atoms with Crippen molar-refractivity contribution in [2.75, 3.05) is 99.9 Å². The van der Waals surface area contributed by atoms with Gasteiger partial charge in [0, 0.05) is 109 Å². The Morgan fingerprint density at radius 2 is 1.27 bits per heavy atom. The molecule has 0 aliphatic carbocycles. The Hall–Kier alpha value is -11.7. The molecule has 6 aromatic rings. The lowest BCUT2D eigenvalue weighted by Crippen LogP contribution is -2.61. The van der Waals surface area contributed by atoms with Crippen LogP contribution in [0.15, 0.2) is 116 Å². The number of carboxylic acid groups (broad SMARTS) is 1. The van der Waals surface area contributed by atoms with E-state index in [1.807, 2.05) is 48.5 Å². The molecule has 0 radical (unpaired) electrons. The SMILES string of the molecule is C=C1C[C@H]2C(O)N(C(=O)OCc3ccc(O[C@@H]4O[C@H](C(=O)O)[C@@H](O)[C@H](O)[C@H]4O)c(C(=O)NCCCNC(=O)CCOCCOCCC(=O)NCCC(=O)N4Cc5ccccc5C#Cc5ccccc54)c3)c3cc(OCCCC(=O)Nc4cc(C(=O)Nc5cc(C(=O)NCCCO)n(C)c5)n(C)c4)c(OC)cc3C(=O)N2C1. The van der Waals surface area contributed by atoms with Crippen molar-refractivity contribution in [3.05, 3.63) is 160 Å². The number of carboxylic acids is 1. The average molecular weight is 1540 g/mol. The molecular formula is C77H89N11O23. The number of amides is 9. The Morgan fingerprint density at radius 1 is 0.622 bits per heavy atom. The van der Waals surface area contributed by atoms with Gasteiger partial charge in [0.15, 0.2) is 23.8 Å². The Kier molecular flexibility index (Phi) is 28.5. The van der Waals surface area contributed by atoms with Crippen LogP contribution < -0.4 is 55.9 Å². The molecule has 6 heterocycles. The number of nitrogens with zero attached hydrogens (tertiary/aromatic N) is 5. The molecule has 0 saturated carbocycles. The molecule has 10 rings (SSSR count). The van der Waals surface area contributed by atoms with E-state index in [0.717, 1.165) is 21.6 Å². The molecular weight excluding hydrogens is 1450 g/mol. The zero-order chi connectivity index (χ0) is 79.4. The maximum absolute atomic E-state index is 14.6. The zero-order valence-corrected chi connectivity index (χ0v) is 61.3. The third-order valence-corrected chi connectivity index (χ3v) is 18.4. The van der Waals surface area contributed by atoms with Crippen molar-refractivity contribution in [1.82, 2.24) is 35.3 Å². The summed E-state index contributed by atoms with van der Waals surface area (Å²) >= 11 is 0. The monoisotopic (exact) mass is 1540 g/mol. The highest BCUT2D eigenvalue weighted by molar-refractivity contribution is 6.07. The van der Waals surface area contributed by atoms with Crippen molar-refractivity contribution in [3.63, 3.8) is 0 Å². The maximum Gasteiger partial charge on any atom is 0.416 e. The third kappa shape index (κ3) is 21.0. The topological polar surface area (TPSA) is 448 Å². The van der Waals surface area contributed by atoms with E-state index in [4.69, 9.17) is 38.3 Å². The van der Waals surface area contributed by atoms with Crippen LogP contribution in [-0.4, -0.2) is 226 Å². The summed E-state index contributed by atoms with van der Waals surface area (Å²) in [5.74, 6) is 0.806. The minimum absolute atomic E-state index is 0.00520. The first-order chi connectivity index (χ1) is 53.4. The summed E-state index contributed by atoms with van der Waals surface area (Å²) in [5.41, 5.74) is 4.50. The summed E-state index contributed by atoms with van der Waals surface area (Å²) in [6.07, 6.45) is -9.20. The molecule has 34 nitrogen and oxygen atoms in total. The van der Waals surface area contributed by atoms with Gasteiger partial charge >= 0.3 is 12.1 Å². The summed E-state index contributed by atoms with van der Waals surface area (Å²) in [5, 5.41) is 79.1. The highest BCUT2D eigenvalue weighted by atomic mass is 16.7. The van der Waals surface area contributed by atoms with Gasteiger partial charge in [0.05, 0.1) is 86.6 Å². The van der Waals surface area contributed by atoms with E-state index in [1.54, 1.807) is 36.0 Å². The first kappa shape index (κ1) is 81.8. The minimum Gasteiger partial charge on any atom is -0.493 e. The van der Waals surface area contributed by atoms with Gasteiger partial charge in [-0.3, -0.25) is 38.4 Å². The van der Waals surface area contributed by atoms with Gasteiger partial charge in [-0.05, 0) is 85.3 Å². The van der Waals surface area contributed by atoms with Gasteiger partial charge in [0.2, 0.25) is 29.9 Å². The summed E-state index contributed by atoms with van der Waals surface area (Å²) in [6, 6.07) is 23.5. The number of aliphatic hydroxyl groups excluding tert-OH is 5. The normalized spacial score (nSPS) is 18.2. The molecule has 1 unspecified atom stereocenters. The highest BCUT2D eigenvalue weighted by Crippen LogP contribution is 2.42. The predicted molar refractivity (Wildman–Crippen MR) is 396 cm³/mol. The zero-order valence-electron chi connectivity index (χ0n) is 61.3. The molecule has 0 spiro atoms. The van der Waals surface area contributed by atoms with Crippen molar-refractivity contribution < 1.29 is 112 Å². The number of aliphatic carboxylic acids is 1. The van der Waals surface area contributed by atoms with Gasteiger partial charge in [-0.1, -0.05) is 60.4 Å². The minimum atomic E-state index is -2.07. The Bertz CT molecular complexity index is 4510. The Morgan fingerprint density at radius 3 is 1.98 bits per heavy atom. The largest absolute Gasteiger partial charge is 0.493 e. The second-order valence-corrected chi connectivity index (χ2v) is 26.4. The number of para-hydroxylation sites is 1. The van der Waals surface area contributed by atoms with Gasteiger partial charge < -0.3 is 115 Å². The lowest BCUT2D eigenvalue weighted by atomic mass is 9.99. The lowest BCUT2D eigenvalue weighted by Gasteiger charge is -2.38. The number of carbonyl (C=O) groups excluding carboxylic acids is 9. The highest BCUT2D eigenvalue weighted by Gasteiger charge is 2.49. The molecule has 4 aliphatic rings. The smallest absolute Gasteiger partial charge is 0.416 e. The summed E-state index contributed by atoms with van der Waals surface area (Å²) in [6.45, 7) is 4.42. The van der Waals surface area contributed by atoms with E-state index in [1.165, 1.54) is 59.0 Å². The van der Waals surface area contributed by atoms with Crippen molar-refractivity contribution in [2.45, 2.75) is 107 Å². The molecule has 0 bridgehead atoms. The molecule has 2 aromatic heterocycles. The predicted octanol–water partition coefficient (Wildman–Crippen LogP) is 2.55. The van der Waals surface area contributed by atoms with Crippen LogP contribution >= 0.6 is 0 Å².